The number of aliphatic hydroxyl groups excluding tert-OH is 2. The molecule has 0 radical (unpaired) electrons. The van der Waals surface area contributed by atoms with E-state index in [-0.39, 0.29) is 11.3 Å². The van der Waals surface area contributed by atoms with Crippen LogP contribution in [0, 0.1) is 0 Å². The van der Waals surface area contributed by atoms with Gasteiger partial charge in [-0.1, -0.05) is 18.2 Å². The Bertz CT molecular complexity index is 434. The van der Waals surface area contributed by atoms with Crippen molar-refractivity contribution >= 4 is 18.4 Å². The van der Waals surface area contributed by atoms with Gasteiger partial charge in [-0.05, 0) is 11.6 Å². The zero-order chi connectivity index (χ0) is 13.9. The van der Waals surface area contributed by atoms with Crippen LogP contribution in [0.2, 0.25) is 0 Å². The molecule has 0 aliphatic carbocycles. The second-order valence-electron chi connectivity index (χ2n) is 3.65. The van der Waals surface area contributed by atoms with E-state index in [1.807, 2.05) is 0 Å². The van der Waals surface area contributed by atoms with Crippen molar-refractivity contribution < 1.29 is 28.2 Å². The minimum absolute atomic E-state index is 0.0339. The fourth-order valence-electron chi connectivity index (χ4n) is 1.35. The minimum atomic E-state index is -4.97. The molecule has 1 aromatic rings. The Kier molecular flexibility index (Phi) is 4.78. The van der Waals surface area contributed by atoms with E-state index in [2.05, 4.69) is 12.6 Å². The Morgan fingerprint density at radius 2 is 1.94 bits per heavy atom. The number of carbonyl (C=O) groups excluding carboxylic acids is 1. The number of alkyl halides is 3. The number of ketones is 1. The van der Waals surface area contributed by atoms with Gasteiger partial charge in [0.1, 0.15) is 6.10 Å². The number of hydrogen-bond acceptors (Lipinski definition) is 4. The van der Waals surface area contributed by atoms with Crippen molar-refractivity contribution in [2.24, 2.45) is 0 Å². The molecule has 0 fully saturated rings. The summed E-state index contributed by atoms with van der Waals surface area (Å²) in [6, 6.07) is 4.44. The fourth-order valence-corrected chi connectivity index (χ4v) is 1.55. The van der Waals surface area contributed by atoms with Gasteiger partial charge in [0.25, 0.3) is 5.78 Å². The summed E-state index contributed by atoms with van der Waals surface area (Å²) in [6.07, 6.45) is -7.57. The molecule has 0 aliphatic heterocycles. The van der Waals surface area contributed by atoms with Gasteiger partial charge in [0.05, 0.1) is 6.10 Å². The highest BCUT2D eigenvalue weighted by atomic mass is 32.1. The van der Waals surface area contributed by atoms with Gasteiger partial charge in [-0.2, -0.15) is 25.8 Å². The minimum Gasteiger partial charge on any atom is -0.389 e. The molecule has 2 atom stereocenters. The molecule has 7 heteroatoms. The highest BCUT2D eigenvalue weighted by Gasteiger charge is 2.39. The predicted octanol–water partition coefficient (Wildman–Crippen LogP) is 1.76. The van der Waals surface area contributed by atoms with E-state index in [1.165, 1.54) is 12.1 Å². The maximum absolute atomic E-state index is 12.2. The monoisotopic (exact) mass is 280 g/mol. The largest absolute Gasteiger partial charge is 0.454 e. The third kappa shape index (κ3) is 3.47. The van der Waals surface area contributed by atoms with E-state index in [9.17, 15) is 28.2 Å². The summed E-state index contributed by atoms with van der Waals surface area (Å²) in [5, 5.41) is 18.9. The lowest BCUT2D eigenvalue weighted by Gasteiger charge is -2.16. The molecule has 1 rings (SSSR count). The fraction of sp³-hybridized carbons (Fsp3) is 0.364. The Labute approximate surface area is 107 Å². The summed E-state index contributed by atoms with van der Waals surface area (Å²) < 4.78 is 36.7. The number of Topliss-reactive ketones (excluding diaryl/α,β-unsaturated/α-hetero) is 1. The molecule has 0 aromatic heterocycles. The Balaban J connectivity index is 3.03. The Hall–Kier alpha value is -1.05. The first-order valence-corrected chi connectivity index (χ1v) is 5.59. The molecule has 1 aromatic carbocycles. The molecule has 0 saturated heterocycles. The van der Waals surface area contributed by atoms with E-state index in [0.717, 1.165) is 12.1 Å². The SMILES string of the molecule is O=C(c1cccc(C(O)C(O)CS)c1)C(F)(F)F. The molecule has 0 bridgehead atoms. The van der Waals surface area contributed by atoms with Crippen molar-refractivity contribution in [3.05, 3.63) is 35.4 Å². The van der Waals surface area contributed by atoms with E-state index in [4.69, 9.17) is 0 Å². The molecule has 3 nitrogen and oxygen atoms in total. The van der Waals surface area contributed by atoms with Crippen molar-refractivity contribution in [1.82, 2.24) is 0 Å². The van der Waals surface area contributed by atoms with Crippen LogP contribution in [0.4, 0.5) is 13.2 Å². The first kappa shape index (κ1) is 15.0. The summed E-state index contributed by atoms with van der Waals surface area (Å²) in [5.41, 5.74) is -0.544. The lowest BCUT2D eigenvalue weighted by molar-refractivity contribution is -0.0885. The van der Waals surface area contributed by atoms with Crippen molar-refractivity contribution in [3.63, 3.8) is 0 Å². The Morgan fingerprint density at radius 3 is 2.44 bits per heavy atom. The molecule has 0 amide bonds. The van der Waals surface area contributed by atoms with E-state index in [0.29, 0.717) is 0 Å². The predicted molar refractivity (Wildman–Crippen MR) is 61.6 cm³/mol. The van der Waals surface area contributed by atoms with Gasteiger partial charge >= 0.3 is 6.18 Å². The van der Waals surface area contributed by atoms with E-state index in [1.54, 1.807) is 0 Å². The van der Waals surface area contributed by atoms with Gasteiger partial charge in [-0.3, -0.25) is 4.79 Å². The molecule has 2 N–H and O–H groups in total. The number of hydrogen-bond donors (Lipinski definition) is 3. The summed E-state index contributed by atoms with van der Waals surface area (Å²) in [6.45, 7) is 0. The molecule has 2 unspecified atom stereocenters. The van der Waals surface area contributed by atoms with Crippen molar-refractivity contribution in [2.75, 3.05) is 5.75 Å². The van der Waals surface area contributed by atoms with Crippen molar-refractivity contribution in [2.45, 2.75) is 18.4 Å². The third-order valence-electron chi connectivity index (χ3n) is 2.30. The molecule has 100 valence electrons. The Morgan fingerprint density at radius 1 is 1.33 bits per heavy atom. The summed E-state index contributed by atoms with van der Waals surface area (Å²) in [4.78, 5) is 11.0. The molecular formula is C11H11F3O3S. The van der Waals surface area contributed by atoms with Gasteiger partial charge in [-0.15, -0.1) is 0 Å². The van der Waals surface area contributed by atoms with Crippen LogP contribution in [0.25, 0.3) is 0 Å². The molecular weight excluding hydrogens is 269 g/mol. The average Bonchev–Trinajstić information content (AvgIpc) is 2.35. The number of halogens is 3. The van der Waals surface area contributed by atoms with Gasteiger partial charge in [0, 0.05) is 11.3 Å². The molecule has 0 heterocycles. The van der Waals surface area contributed by atoms with Crippen LogP contribution in [0.1, 0.15) is 22.0 Å². The first-order valence-electron chi connectivity index (χ1n) is 4.96. The second-order valence-corrected chi connectivity index (χ2v) is 4.01. The summed E-state index contributed by atoms with van der Waals surface area (Å²) in [5.74, 6) is -2.05. The lowest BCUT2D eigenvalue weighted by Crippen LogP contribution is -2.24. The van der Waals surface area contributed by atoms with Crippen LogP contribution in [0.15, 0.2) is 24.3 Å². The maximum Gasteiger partial charge on any atom is 0.454 e. The summed E-state index contributed by atoms with van der Waals surface area (Å²) >= 11 is 3.76. The third-order valence-corrected chi connectivity index (χ3v) is 2.67. The van der Waals surface area contributed by atoms with Crippen LogP contribution in [0.3, 0.4) is 0 Å². The smallest absolute Gasteiger partial charge is 0.389 e. The van der Waals surface area contributed by atoms with Gasteiger partial charge in [-0.25, -0.2) is 0 Å². The highest BCUT2D eigenvalue weighted by molar-refractivity contribution is 7.80. The number of benzene rings is 1. The van der Waals surface area contributed by atoms with Crippen LogP contribution >= 0.6 is 12.6 Å². The average molecular weight is 280 g/mol. The van der Waals surface area contributed by atoms with E-state index < -0.39 is 29.7 Å². The quantitative estimate of drug-likeness (QED) is 0.582. The second kappa shape index (κ2) is 5.73. The molecule has 0 spiro atoms. The van der Waals surface area contributed by atoms with Crippen LogP contribution in [-0.2, 0) is 0 Å². The zero-order valence-electron chi connectivity index (χ0n) is 9.05. The van der Waals surface area contributed by atoms with Crippen molar-refractivity contribution in [1.29, 1.82) is 0 Å². The van der Waals surface area contributed by atoms with Gasteiger partial charge in [0.15, 0.2) is 0 Å². The van der Waals surface area contributed by atoms with Gasteiger partial charge in [0.2, 0.25) is 0 Å². The van der Waals surface area contributed by atoms with Crippen LogP contribution in [-0.4, -0.2) is 34.0 Å². The van der Waals surface area contributed by atoms with E-state index >= 15 is 0 Å². The van der Waals surface area contributed by atoms with Gasteiger partial charge < -0.3 is 10.2 Å². The highest BCUT2D eigenvalue weighted by Crippen LogP contribution is 2.24. The topological polar surface area (TPSA) is 57.5 Å². The number of rotatable bonds is 4. The van der Waals surface area contributed by atoms with Crippen molar-refractivity contribution in [3.8, 4) is 0 Å². The first-order chi connectivity index (χ1) is 8.27. The zero-order valence-corrected chi connectivity index (χ0v) is 9.95. The number of thiol groups is 1. The normalized spacial score (nSPS) is 15.2. The van der Waals surface area contributed by atoms with Crippen LogP contribution < -0.4 is 0 Å². The molecule has 18 heavy (non-hydrogen) atoms. The number of aliphatic hydroxyl groups is 2. The number of carbonyl (C=O) groups is 1. The maximum atomic E-state index is 12.2. The standard InChI is InChI=1S/C11H11F3O3S/c12-11(13,14)10(17)7-3-1-2-6(4-7)9(16)8(15)5-18/h1-4,8-9,15-16,18H,5H2. The molecule has 0 aliphatic rings. The lowest BCUT2D eigenvalue weighted by atomic mass is 10.0. The molecule has 0 saturated carbocycles. The van der Waals surface area contributed by atoms with Crippen LogP contribution in [0.5, 0.6) is 0 Å². The summed E-state index contributed by atoms with van der Waals surface area (Å²) in [7, 11) is 0.